The standard InChI is InChI=1S/C17H19FN2O2S/c1-11-4-5-13(18)8-12(11)10-19-17(23)20-15-9-14(21-2)6-7-16(15)22-3/h4-9H,10H2,1-3H3,(H2,19,20,23). The van der Waals surface area contributed by atoms with Crippen molar-refractivity contribution in [2.24, 2.45) is 0 Å². The summed E-state index contributed by atoms with van der Waals surface area (Å²) in [6.45, 7) is 2.36. The fourth-order valence-corrected chi connectivity index (χ4v) is 2.27. The Morgan fingerprint density at radius 3 is 2.61 bits per heavy atom. The molecule has 2 N–H and O–H groups in total. The van der Waals surface area contributed by atoms with E-state index in [9.17, 15) is 4.39 Å². The Labute approximate surface area is 140 Å². The second-order valence-electron chi connectivity index (χ2n) is 4.94. The highest BCUT2D eigenvalue weighted by molar-refractivity contribution is 7.80. The Hall–Kier alpha value is -2.34. The van der Waals surface area contributed by atoms with Gasteiger partial charge in [-0.3, -0.25) is 0 Å². The summed E-state index contributed by atoms with van der Waals surface area (Å²) in [6, 6.07) is 10.1. The molecule has 2 rings (SSSR count). The molecule has 122 valence electrons. The molecule has 2 aromatic carbocycles. The molecule has 0 radical (unpaired) electrons. The smallest absolute Gasteiger partial charge is 0.171 e. The molecule has 0 saturated carbocycles. The second kappa shape index (κ2) is 7.78. The summed E-state index contributed by atoms with van der Waals surface area (Å²) in [5.74, 6) is 1.08. The summed E-state index contributed by atoms with van der Waals surface area (Å²) in [5, 5.41) is 6.54. The average Bonchev–Trinajstić information content (AvgIpc) is 2.55. The molecule has 0 spiro atoms. The number of hydrogen-bond acceptors (Lipinski definition) is 3. The van der Waals surface area contributed by atoms with Crippen molar-refractivity contribution < 1.29 is 13.9 Å². The summed E-state index contributed by atoms with van der Waals surface area (Å²) in [6.07, 6.45) is 0. The number of nitrogens with one attached hydrogen (secondary N) is 2. The molecule has 0 bridgehead atoms. The number of halogens is 1. The van der Waals surface area contributed by atoms with Crippen LogP contribution in [-0.2, 0) is 6.54 Å². The zero-order chi connectivity index (χ0) is 16.8. The second-order valence-corrected chi connectivity index (χ2v) is 5.35. The van der Waals surface area contributed by atoms with Crippen LogP contribution in [0.25, 0.3) is 0 Å². The van der Waals surface area contributed by atoms with E-state index in [2.05, 4.69) is 10.6 Å². The van der Waals surface area contributed by atoms with Crippen molar-refractivity contribution in [1.82, 2.24) is 5.32 Å². The third-order valence-electron chi connectivity index (χ3n) is 3.41. The van der Waals surface area contributed by atoms with Crippen molar-refractivity contribution in [2.45, 2.75) is 13.5 Å². The van der Waals surface area contributed by atoms with E-state index in [4.69, 9.17) is 21.7 Å². The summed E-state index contributed by atoms with van der Waals surface area (Å²) in [5.41, 5.74) is 2.55. The molecule has 0 aliphatic heterocycles. The molecule has 0 saturated heterocycles. The number of anilines is 1. The summed E-state index contributed by atoms with van der Waals surface area (Å²) < 4.78 is 23.8. The van der Waals surface area contributed by atoms with E-state index in [-0.39, 0.29) is 5.82 Å². The van der Waals surface area contributed by atoms with E-state index in [1.54, 1.807) is 38.5 Å². The van der Waals surface area contributed by atoms with Gasteiger partial charge in [0.15, 0.2) is 5.11 Å². The van der Waals surface area contributed by atoms with Crippen LogP contribution in [0.3, 0.4) is 0 Å². The molecule has 4 nitrogen and oxygen atoms in total. The van der Waals surface area contributed by atoms with Crippen molar-refractivity contribution in [1.29, 1.82) is 0 Å². The fraction of sp³-hybridized carbons (Fsp3) is 0.235. The molecule has 2 aromatic rings. The van der Waals surface area contributed by atoms with E-state index < -0.39 is 0 Å². The van der Waals surface area contributed by atoms with Crippen LogP contribution in [0.5, 0.6) is 11.5 Å². The average molecular weight is 334 g/mol. The van der Waals surface area contributed by atoms with Gasteiger partial charge in [-0.15, -0.1) is 0 Å². The molecule has 0 fully saturated rings. The van der Waals surface area contributed by atoms with Crippen LogP contribution in [0.15, 0.2) is 36.4 Å². The van der Waals surface area contributed by atoms with Crippen LogP contribution in [-0.4, -0.2) is 19.3 Å². The lowest BCUT2D eigenvalue weighted by atomic mass is 10.1. The molecule has 0 atom stereocenters. The number of benzene rings is 2. The SMILES string of the molecule is COc1ccc(OC)c(NC(=S)NCc2cc(F)ccc2C)c1. The number of thiocarbonyl (C=S) groups is 1. The van der Waals surface area contributed by atoms with Crippen molar-refractivity contribution in [3.63, 3.8) is 0 Å². The van der Waals surface area contributed by atoms with Gasteiger partial charge < -0.3 is 20.1 Å². The molecule has 0 amide bonds. The van der Waals surface area contributed by atoms with Crippen molar-refractivity contribution in [3.05, 3.63) is 53.3 Å². The molecule has 0 aromatic heterocycles. The Kier molecular flexibility index (Phi) is 5.76. The van der Waals surface area contributed by atoms with Crippen molar-refractivity contribution >= 4 is 23.0 Å². The first kappa shape index (κ1) is 17.0. The lowest BCUT2D eigenvalue weighted by molar-refractivity contribution is 0.405. The fourth-order valence-electron chi connectivity index (χ4n) is 2.08. The summed E-state index contributed by atoms with van der Waals surface area (Å²) in [7, 11) is 3.18. The van der Waals surface area contributed by atoms with Gasteiger partial charge in [0.1, 0.15) is 17.3 Å². The first-order valence-electron chi connectivity index (χ1n) is 7.05. The Morgan fingerprint density at radius 2 is 1.91 bits per heavy atom. The zero-order valence-electron chi connectivity index (χ0n) is 13.3. The maximum Gasteiger partial charge on any atom is 0.171 e. The zero-order valence-corrected chi connectivity index (χ0v) is 14.1. The first-order valence-corrected chi connectivity index (χ1v) is 7.46. The Balaban J connectivity index is 2.03. The summed E-state index contributed by atoms with van der Waals surface area (Å²) >= 11 is 5.29. The number of aryl methyl sites for hydroxylation is 1. The lowest BCUT2D eigenvalue weighted by Gasteiger charge is -2.15. The lowest BCUT2D eigenvalue weighted by Crippen LogP contribution is -2.28. The van der Waals surface area contributed by atoms with E-state index in [0.717, 1.165) is 11.1 Å². The molecule has 0 aliphatic carbocycles. The monoisotopic (exact) mass is 334 g/mol. The van der Waals surface area contributed by atoms with Gasteiger partial charge >= 0.3 is 0 Å². The molecular formula is C17H19FN2O2S. The van der Waals surface area contributed by atoms with Gasteiger partial charge in [0.2, 0.25) is 0 Å². The van der Waals surface area contributed by atoms with Gasteiger partial charge in [0.25, 0.3) is 0 Å². The van der Waals surface area contributed by atoms with E-state index in [1.807, 2.05) is 6.92 Å². The predicted octanol–water partition coefficient (Wildman–Crippen LogP) is 3.64. The van der Waals surface area contributed by atoms with Crippen LogP contribution in [0, 0.1) is 12.7 Å². The van der Waals surface area contributed by atoms with Crippen LogP contribution in [0.4, 0.5) is 10.1 Å². The number of methoxy groups -OCH3 is 2. The van der Waals surface area contributed by atoms with E-state index >= 15 is 0 Å². The Morgan fingerprint density at radius 1 is 1.13 bits per heavy atom. The van der Waals surface area contributed by atoms with Crippen molar-refractivity contribution in [2.75, 3.05) is 19.5 Å². The molecule has 23 heavy (non-hydrogen) atoms. The van der Waals surface area contributed by atoms with E-state index in [0.29, 0.717) is 28.8 Å². The van der Waals surface area contributed by atoms with Gasteiger partial charge in [0, 0.05) is 12.6 Å². The third-order valence-corrected chi connectivity index (χ3v) is 3.65. The van der Waals surface area contributed by atoms with Crippen LogP contribution >= 0.6 is 12.2 Å². The highest BCUT2D eigenvalue weighted by Gasteiger charge is 2.07. The Bertz CT molecular complexity index is 707. The van der Waals surface area contributed by atoms with Crippen molar-refractivity contribution in [3.8, 4) is 11.5 Å². The number of ether oxygens (including phenoxy) is 2. The number of hydrogen-bond donors (Lipinski definition) is 2. The van der Waals surface area contributed by atoms with E-state index in [1.165, 1.54) is 12.1 Å². The highest BCUT2D eigenvalue weighted by atomic mass is 32.1. The topological polar surface area (TPSA) is 42.5 Å². The molecule has 0 heterocycles. The highest BCUT2D eigenvalue weighted by Crippen LogP contribution is 2.28. The van der Waals surface area contributed by atoms with Gasteiger partial charge in [-0.1, -0.05) is 6.07 Å². The van der Waals surface area contributed by atoms with Crippen LogP contribution < -0.4 is 20.1 Å². The van der Waals surface area contributed by atoms with Gasteiger partial charge in [0.05, 0.1) is 19.9 Å². The number of rotatable bonds is 5. The van der Waals surface area contributed by atoms with Gasteiger partial charge in [-0.05, 0) is 54.5 Å². The minimum Gasteiger partial charge on any atom is -0.497 e. The third kappa shape index (κ3) is 4.56. The molecule has 6 heteroatoms. The maximum atomic E-state index is 13.3. The molecular weight excluding hydrogens is 315 g/mol. The predicted molar refractivity (Wildman–Crippen MR) is 93.7 cm³/mol. The molecule has 0 aliphatic rings. The van der Waals surface area contributed by atoms with Crippen LogP contribution in [0.1, 0.15) is 11.1 Å². The quantitative estimate of drug-likeness (QED) is 0.817. The van der Waals surface area contributed by atoms with Gasteiger partial charge in [-0.25, -0.2) is 4.39 Å². The minimum absolute atomic E-state index is 0.263. The van der Waals surface area contributed by atoms with Crippen LogP contribution in [0.2, 0.25) is 0 Å². The first-order chi connectivity index (χ1) is 11.0. The minimum atomic E-state index is -0.263. The molecule has 0 unspecified atom stereocenters. The summed E-state index contributed by atoms with van der Waals surface area (Å²) in [4.78, 5) is 0. The van der Waals surface area contributed by atoms with Gasteiger partial charge in [-0.2, -0.15) is 0 Å². The normalized spacial score (nSPS) is 10.1. The maximum absolute atomic E-state index is 13.3. The largest absolute Gasteiger partial charge is 0.497 e.